The molecule has 1 amide bonds. The van der Waals surface area contributed by atoms with Crippen molar-refractivity contribution < 1.29 is 41.4 Å². The van der Waals surface area contributed by atoms with Gasteiger partial charge >= 0.3 is 5.97 Å². The number of hydrogen-bond donors (Lipinski definition) is 2. The molecule has 0 aliphatic carbocycles. The number of nitrogens with zero attached hydrogens (tertiary/aromatic N) is 3. The van der Waals surface area contributed by atoms with Crippen molar-refractivity contribution in [2.75, 3.05) is 44.8 Å². The Labute approximate surface area is 328 Å². The molecule has 0 saturated carbocycles. The summed E-state index contributed by atoms with van der Waals surface area (Å²) in [5.74, 6) is -6.19. The number of likely N-dealkylation sites (N-methyl/N-ethyl adjacent to an activating group) is 1. The Balaban J connectivity index is 0.00000143. The molecule has 3 aromatic rings. The lowest BCUT2D eigenvalue weighted by molar-refractivity contribution is -0.139. The van der Waals surface area contributed by atoms with E-state index in [1.807, 2.05) is 58.4 Å². The zero-order valence-electron chi connectivity index (χ0n) is 35.0. The number of anilines is 1. The Kier molecular flexibility index (Phi) is 20.5. The molecule has 14 heteroatoms. The predicted octanol–water partition coefficient (Wildman–Crippen LogP) is 8.52. The summed E-state index contributed by atoms with van der Waals surface area (Å²) in [6, 6.07) is 6.13. The van der Waals surface area contributed by atoms with Crippen molar-refractivity contribution in [3.8, 4) is 11.1 Å². The van der Waals surface area contributed by atoms with Crippen LogP contribution >= 0.6 is 0 Å². The van der Waals surface area contributed by atoms with Gasteiger partial charge in [-0.2, -0.15) is 0 Å². The number of alkyl halides is 4. The summed E-state index contributed by atoms with van der Waals surface area (Å²) < 4.78 is 72.4. The average molecular weight is 797 g/mol. The fourth-order valence-electron chi connectivity index (χ4n) is 6.40. The van der Waals surface area contributed by atoms with Crippen molar-refractivity contribution in [2.45, 2.75) is 107 Å². The van der Waals surface area contributed by atoms with Gasteiger partial charge in [0.15, 0.2) is 0 Å². The number of aliphatic carboxylic acids is 1. The zero-order chi connectivity index (χ0) is 43.1. The molecular weight excluding hydrogens is 735 g/mol. The lowest BCUT2D eigenvalue weighted by Gasteiger charge is -2.31. The number of fused-ring (bicyclic) bond motifs is 1. The van der Waals surface area contributed by atoms with Gasteiger partial charge in [0.2, 0.25) is 6.43 Å². The van der Waals surface area contributed by atoms with E-state index in [0.717, 1.165) is 19.4 Å². The number of carboxylic acid groups (broad SMARTS) is 1. The number of nitrogens with one attached hydrogen (secondary N) is 1. The number of pyridine rings is 1. The number of amides is 1. The van der Waals surface area contributed by atoms with Crippen LogP contribution in [0.5, 0.6) is 0 Å². The van der Waals surface area contributed by atoms with Gasteiger partial charge in [-0.15, -0.1) is 0 Å². The molecular formula is C42H61F5N4O5. The molecule has 0 bridgehead atoms. The van der Waals surface area contributed by atoms with Crippen molar-refractivity contribution in [3.05, 3.63) is 85.6 Å². The van der Waals surface area contributed by atoms with Gasteiger partial charge in [-0.25, -0.2) is 26.7 Å². The number of carboxylic acids is 1. The summed E-state index contributed by atoms with van der Waals surface area (Å²) in [4.78, 5) is 43.2. The van der Waals surface area contributed by atoms with Gasteiger partial charge in [-0.1, -0.05) is 53.7 Å². The molecule has 0 spiro atoms. The first-order valence-electron chi connectivity index (χ1n) is 19.3. The van der Waals surface area contributed by atoms with Gasteiger partial charge in [0.05, 0.1) is 24.3 Å². The Bertz CT molecular complexity index is 1780. The van der Waals surface area contributed by atoms with Crippen LogP contribution in [0.1, 0.15) is 99.3 Å². The zero-order valence-corrected chi connectivity index (χ0v) is 35.0. The molecule has 314 valence electrons. The monoisotopic (exact) mass is 796 g/mol. The molecule has 1 saturated heterocycles. The fourth-order valence-corrected chi connectivity index (χ4v) is 6.40. The second-order valence-electron chi connectivity index (χ2n) is 12.9. The van der Waals surface area contributed by atoms with E-state index in [0.29, 0.717) is 79.4 Å². The second kappa shape index (κ2) is 23.1. The molecule has 1 atom stereocenters. The largest absolute Gasteiger partial charge is 0.480 e. The summed E-state index contributed by atoms with van der Waals surface area (Å²) >= 11 is 0. The maximum absolute atomic E-state index is 15.3. The lowest BCUT2D eigenvalue weighted by Crippen LogP contribution is -2.43. The molecule has 2 aromatic carbocycles. The quantitative estimate of drug-likeness (QED) is 0.221. The molecule has 2 aliphatic heterocycles. The van der Waals surface area contributed by atoms with Gasteiger partial charge in [0, 0.05) is 63.5 Å². The van der Waals surface area contributed by atoms with Crippen LogP contribution in [-0.4, -0.2) is 78.8 Å². The highest BCUT2D eigenvalue weighted by molar-refractivity contribution is 5.98. The first-order valence-corrected chi connectivity index (χ1v) is 19.3. The minimum atomic E-state index is -3.28. The number of ether oxygens (including phenoxy) is 1. The number of benzene rings is 2. The number of aromatic nitrogens is 1. The highest BCUT2D eigenvalue weighted by Crippen LogP contribution is 2.38. The van der Waals surface area contributed by atoms with Gasteiger partial charge < -0.3 is 29.5 Å². The third-order valence-corrected chi connectivity index (χ3v) is 9.02. The van der Waals surface area contributed by atoms with Crippen LogP contribution in [0.2, 0.25) is 0 Å². The van der Waals surface area contributed by atoms with Crippen LogP contribution in [0, 0.1) is 19.7 Å². The number of rotatable bonds is 8. The number of morpholine rings is 1. The van der Waals surface area contributed by atoms with Gasteiger partial charge in [0.25, 0.3) is 17.4 Å². The standard InChI is InChI=1S/C34H39F3N4O5.C2H4F2.3C2H6/c1-19-14-22(41-10-12-46-13-11-41)17-27(35)29(19)31(42)38-28(33(44)45)16-21-6-7-24(23-8-9-39(4)18-25(21)23)30-26(34(3,36)37)15-20(2)40(5)32(30)43;1-2(3)4;3*1-2/h6-7,14-15,17,28H,8-13,16,18H2,1-5H3,(H,38,42)(H,44,45);2H,1H3;3*1-2H3/t28-;;;;/m0..../s1. The molecule has 2 aliphatic rings. The molecule has 0 radical (unpaired) electrons. The van der Waals surface area contributed by atoms with E-state index in [-0.39, 0.29) is 23.1 Å². The van der Waals surface area contributed by atoms with Crippen LogP contribution in [0.4, 0.5) is 27.6 Å². The Morgan fingerprint density at radius 3 is 2.04 bits per heavy atom. The summed E-state index contributed by atoms with van der Waals surface area (Å²) in [7, 11) is 3.42. The van der Waals surface area contributed by atoms with Crippen molar-refractivity contribution in [3.63, 3.8) is 0 Å². The third kappa shape index (κ3) is 12.9. The van der Waals surface area contributed by atoms with Crippen molar-refractivity contribution in [1.29, 1.82) is 0 Å². The van der Waals surface area contributed by atoms with Crippen molar-refractivity contribution in [2.24, 2.45) is 7.05 Å². The number of carbonyl (C=O) groups is 2. The lowest BCUT2D eigenvalue weighted by atomic mass is 9.84. The van der Waals surface area contributed by atoms with E-state index < -0.39 is 41.6 Å². The van der Waals surface area contributed by atoms with Crippen molar-refractivity contribution >= 4 is 17.6 Å². The number of aryl methyl sites for hydroxylation is 2. The topological polar surface area (TPSA) is 104 Å². The second-order valence-corrected chi connectivity index (χ2v) is 12.9. The Hall–Kier alpha value is -4.30. The number of hydrogen-bond acceptors (Lipinski definition) is 6. The van der Waals surface area contributed by atoms with E-state index in [1.165, 1.54) is 23.7 Å². The summed E-state index contributed by atoms with van der Waals surface area (Å²) in [5, 5.41) is 12.6. The Morgan fingerprint density at radius 1 is 0.946 bits per heavy atom. The molecule has 3 heterocycles. The molecule has 9 nitrogen and oxygen atoms in total. The summed E-state index contributed by atoms with van der Waals surface area (Å²) in [6.45, 7) is 20.0. The molecule has 56 heavy (non-hydrogen) atoms. The Morgan fingerprint density at radius 2 is 1.52 bits per heavy atom. The predicted molar refractivity (Wildman–Crippen MR) is 214 cm³/mol. The van der Waals surface area contributed by atoms with E-state index in [1.54, 1.807) is 32.0 Å². The normalized spacial score (nSPS) is 14.3. The maximum atomic E-state index is 15.3. The SMILES string of the molecule is CC.CC.CC.CC(F)F.Cc1cc(N2CCOCC2)cc(F)c1C(=O)N[C@@H](Cc1ccc(-c2c(C(C)(F)F)cc(C)n(C)c2=O)c2c1CN(C)CC2)C(=O)O. The van der Waals surface area contributed by atoms with E-state index in [4.69, 9.17) is 4.74 Å². The van der Waals surface area contributed by atoms with E-state index >= 15 is 4.39 Å². The summed E-state index contributed by atoms with van der Waals surface area (Å²) in [6.07, 6.45) is -1.85. The van der Waals surface area contributed by atoms with Crippen LogP contribution in [0.3, 0.4) is 0 Å². The highest BCUT2D eigenvalue weighted by atomic mass is 19.3. The number of carbonyl (C=O) groups excluding carboxylic acids is 1. The number of halogens is 5. The smallest absolute Gasteiger partial charge is 0.326 e. The van der Waals surface area contributed by atoms with E-state index in [2.05, 4.69) is 5.32 Å². The van der Waals surface area contributed by atoms with Gasteiger partial charge in [0.1, 0.15) is 11.9 Å². The molecule has 2 N–H and O–H groups in total. The first kappa shape index (κ1) is 49.7. The van der Waals surface area contributed by atoms with Gasteiger partial charge in [-0.3, -0.25) is 9.59 Å². The van der Waals surface area contributed by atoms with Gasteiger partial charge in [-0.05, 0) is 80.3 Å². The third-order valence-electron chi connectivity index (χ3n) is 9.02. The molecule has 0 unspecified atom stereocenters. The molecule has 1 aromatic heterocycles. The maximum Gasteiger partial charge on any atom is 0.326 e. The minimum Gasteiger partial charge on any atom is -0.480 e. The fraction of sp³-hybridized carbons (Fsp3) is 0.548. The average Bonchev–Trinajstić information content (AvgIpc) is 3.15. The summed E-state index contributed by atoms with van der Waals surface area (Å²) in [5.41, 5.74) is 2.55. The van der Waals surface area contributed by atoms with Crippen LogP contribution in [0.25, 0.3) is 11.1 Å². The van der Waals surface area contributed by atoms with Crippen LogP contribution < -0.4 is 15.8 Å². The highest BCUT2D eigenvalue weighted by Gasteiger charge is 2.34. The van der Waals surface area contributed by atoms with Crippen LogP contribution in [-0.2, 0) is 41.9 Å². The molecule has 5 rings (SSSR count). The minimum absolute atomic E-state index is 0.0810. The van der Waals surface area contributed by atoms with Crippen molar-refractivity contribution in [1.82, 2.24) is 14.8 Å². The molecule has 1 fully saturated rings. The van der Waals surface area contributed by atoms with E-state index in [9.17, 15) is 37.1 Å². The van der Waals surface area contributed by atoms with Crippen LogP contribution in [0.15, 0.2) is 35.1 Å². The first-order chi connectivity index (χ1) is 26.4.